The standard InChI is InChI=1S/C17H28O2.C16H26O3.C13H17F3O.C10H16O4/c1-5-16(2,3)15(18)19-17(4)13-7-11-6-12(9-13)10-14(17)8-11;1-4-14(2,3)13(17)19-16-8-11-5-12(9-16)7-15(18,6-11)10-16;1-5-12(3,4)11-8(2)6-9(17)7-10(11)13(14,15)16;1-4-10(2,3)9(12)14-7-5-6-13-8(7)11/h11-14H,5-10H2,1-4H3;11-12,18H,4-10H2,1-3H3;6-7,17H,5H2,1-4H3;7H,4-6H2,1-3H3. The van der Waals surface area contributed by atoms with Gasteiger partial charge in [-0.15, -0.1) is 0 Å². The summed E-state index contributed by atoms with van der Waals surface area (Å²) in [7, 11) is 0. The number of alkyl halides is 3. The second-order valence-electron chi connectivity index (χ2n) is 25.1. The van der Waals surface area contributed by atoms with Gasteiger partial charge in [0.1, 0.15) is 17.0 Å². The number of phenolic OH excluding ortho intramolecular Hbond substituents is 1. The lowest BCUT2D eigenvalue weighted by atomic mass is 9.50. The average Bonchev–Trinajstić information content (AvgIpc) is 3.64. The molecule has 1 aliphatic heterocycles. The smallest absolute Gasteiger partial charge is 0.416 e. The quantitative estimate of drug-likeness (QED) is 0.162. The summed E-state index contributed by atoms with van der Waals surface area (Å²) in [6.45, 7) is 27.1. The summed E-state index contributed by atoms with van der Waals surface area (Å²) in [6.07, 6.45) is 10.6. The van der Waals surface area contributed by atoms with Gasteiger partial charge in [-0.2, -0.15) is 13.2 Å². The molecule has 10 nitrogen and oxygen atoms in total. The summed E-state index contributed by atoms with van der Waals surface area (Å²) in [5, 5.41) is 20.0. The Labute approximate surface area is 411 Å². The lowest BCUT2D eigenvalue weighted by Gasteiger charge is -2.59. The van der Waals surface area contributed by atoms with Crippen molar-refractivity contribution < 1.29 is 61.5 Å². The molecule has 10 rings (SSSR count). The second-order valence-corrected chi connectivity index (χ2v) is 25.1. The third kappa shape index (κ3) is 12.8. The van der Waals surface area contributed by atoms with Crippen molar-refractivity contribution in [3.63, 3.8) is 0 Å². The molecule has 0 amide bonds. The molecule has 1 saturated heterocycles. The van der Waals surface area contributed by atoms with Gasteiger partial charge in [0.15, 0.2) is 0 Å². The first-order chi connectivity index (χ1) is 31.7. The van der Waals surface area contributed by atoms with Crippen molar-refractivity contribution in [3.8, 4) is 5.75 Å². The minimum Gasteiger partial charge on any atom is -0.508 e. The van der Waals surface area contributed by atoms with Crippen molar-refractivity contribution in [3.05, 3.63) is 28.8 Å². The van der Waals surface area contributed by atoms with Crippen molar-refractivity contribution in [1.82, 2.24) is 0 Å². The predicted molar refractivity (Wildman–Crippen MR) is 259 cm³/mol. The fraction of sp³-hybridized carbons (Fsp3) is 0.821. The molecule has 13 heteroatoms. The third-order valence-corrected chi connectivity index (χ3v) is 18.0. The number of esters is 4. The zero-order chi connectivity index (χ0) is 51.9. The minimum atomic E-state index is -4.44. The maximum Gasteiger partial charge on any atom is 0.416 e. The normalized spacial score (nSPS) is 32.1. The zero-order valence-electron chi connectivity index (χ0n) is 44.5. The van der Waals surface area contributed by atoms with Crippen molar-refractivity contribution in [1.29, 1.82) is 0 Å². The maximum absolute atomic E-state index is 13.0. The summed E-state index contributed by atoms with van der Waals surface area (Å²) < 4.78 is 60.8. The Balaban J connectivity index is 0.000000173. The average molecular weight is 977 g/mol. The number of aliphatic hydroxyl groups is 1. The Kier molecular flexibility index (Phi) is 16.9. The van der Waals surface area contributed by atoms with Crippen LogP contribution in [0.5, 0.6) is 5.75 Å². The molecule has 8 saturated carbocycles. The number of hydrogen-bond acceptors (Lipinski definition) is 10. The van der Waals surface area contributed by atoms with E-state index in [1.807, 2.05) is 48.5 Å². The van der Waals surface area contributed by atoms with Crippen LogP contribution in [0, 0.1) is 58.7 Å². The summed E-state index contributed by atoms with van der Waals surface area (Å²) in [4.78, 5) is 47.4. The van der Waals surface area contributed by atoms with E-state index in [1.165, 1.54) is 44.6 Å². The predicted octanol–water partition coefficient (Wildman–Crippen LogP) is 12.9. The summed E-state index contributed by atoms with van der Waals surface area (Å²) in [5.74, 6) is 3.06. The van der Waals surface area contributed by atoms with Gasteiger partial charge in [0.05, 0.1) is 34.0 Å². The van der Waals surface area contributed by atoms with E-state index < -0.39 is 45.7 Å². The largest absolute Gasteiger partial charge is 0.508 e. The highest BCUT2D eigenvalue weighted by molar-refractivity contribution is 5.82. The number of benzene rings is 1. The lowest BCUT2D eigenvalue weighted by Crippen LogP contribution is -2.61. The molecular formula is C56H87F3O10. The first-order valence-electron chi connectivity index (χ1n) is 26.2. The first-order valence-corrected chi connectivity index (χ1v) is 26.2. The van der Waals surface area contributed by atoms with Crippen molar-refractivity contribution in [2.24, 2.45) is 51.8 Å². The summed E-state index contributed by atoms with van der Waals surface area (Å²) in [5.41, 5.74) is -2.91. The van der Waals surface area contributed by atoms with Gasteiger partial charge in [-0.05, 0) is 209 Å². The number of cyclic esters (lactones) is 1. The summed E-state index contributed by atoms with van der Waals surface area (Å²) >= 11 is 0. The molecular weight excluding hydrogens is 890 g/mol. The van der Waals surface area contributed by atoms with E-state index in [0.717, 1.165) is 56.4 Å². The van der Waals surface area contributed by atoms with Gasteiger partial charge >= 0.3 is 30.1 Å². The van der Waals surface area contributed by atoms with Crippen LogP contribution in [0.15, 0.2) is 12.1 Å². The van der Waals surface area contributed by atoms with Crippen LogP contribution >= 0.6 is 0 Å². The van der Waals surface area contributed by atoms with Crippen molar-refractivity contribution in [2.75, 3.05) is 6.61 Å². The maximum atomic E-state index is 13.0. The SMILES string of the molecule is CCC(C)(C)C(=O)OC1(C)C2CC3CC(C2)CC1C3.CCC(C)(C)C(=O)OC12CC3CC(CC(O)(C3)C1)C2.CCC(C)(C)C(=O)OC1CCOC1=O.CCC(C)(C)c1c(C)cc(O)cc1C(F)(F)F. The van der Waals surface area contributed by atoms with E-state index in [9.17, 15) is 42.6 Å². The molecule has 8 aliphatic carbocycles. The molecule has 3 unspecified atom stereocenters. The van der Waals surface area contributed by atoms with Crippen LogP contribution in [0.4, 0.5) is 13.2 Å². The Hall–Kier alpha value is -3.35. The molecule has 69 heavy (non-hydrogen) atoms. The van der Waals surface area contributed by atoms with Gasteiger partial charge in [-0.25, -0.2) is 4.79 Å². The van der Waals surface area contributed by atoms with E-state index in [1.54, 1.807) is 34.6 Å². The van der Waals surface area contributed by atoms with E-state index in [0.29, 0.717) is 61.5 Å². The van der Waals surface area contributed by atoms with E-state index in [-0.39, 0.29) is 45.8 Å². The molecule has 0 aromatic heterocycles. The number of phenols is 1. The van der Waals surface area contributed by atoms with Crippen LogP contribution in [0.2, 0.25) is 0 Å². The number of rotatable bonds is 11. The number of hydrogen-bond donors (Lipinski definition) is 2. The molecule has 1 heterocycles. The van der Waals surface area contributed by atoms with E-state index in [4.69, 9.17) is 18.9 Å². The molecule has 9 aliphatic rings. The fourth-order valence-corrected chi connectivity index (χ4v) is 12.6. The van der Waals surface area contributed by atoms with Crippen LogP contribution in [-0.2, 0) is 49.7 Å². The highest BCUT2D eigenvalue weighted by Crippen LogP contribution is 2.61. The molecule has 392 valence electrons. The fourth-order valence-electron chi connectivity index (χ4n) is 12.6. The van der Waals surface area contributed by atoms with Crippen LogP contribution in [0.3, 0.4) is 0 Å². The number of carbonyl (C=O) groups is 4. The topological polar surface area (TPSA) is 146 Å². The molecule has 0 radical (unpaired) electrons. The van der Waals surface area contributed by atoms with E-state index in [2.05, 4.69) is 13.8 Å². The van der Waals surface area contributed by atoms with Crippen LogP contribution in [0.1, 0.15) is 209 Å². The molecule has 1 aromatic carbocycles. The molecule has 0 spiro atoms. The summed E-state index contributed by atoms with van der Waals surface area (Å²) in [6, 6.07) is 2.18. The second kappa shape index (κ2) is 20.6. The van der Waals surface area contributed by atoms with Crippen LogP contribution < -0.4 is 0 Å². The highest BCUT2D eigenvalue weighted by Gasteiger charge is 2.60. The van der Waals surface area contributed by atoms with Crippen molar-refractivity contribution >= 4 is 23.9 Å². The van der Waals surface area contributed by atoms with Crippen LogP contribution in [0.25, 0.3) is 0 Å². The minimum absolute atomic E-state index is 0.0185. The van der Waals surface area contributed by atoms with Gasteiger partial charge in [-0.1, -0.05) is 41.5 Å². The van der Waals surface area contributed by atoms with Gasteiger partial charge < -0.3 is 29.2 Å². The molecule has 8 bridgehead atoms. The van der Waals surface area contributed by atoms with Gasteiger partial charge in [0, 0.05) is 12.8 Å². The first kappa shape index (κ1) is 56.6. The molecule has 9 fully saturated rings. The van der Waals surface area contributed by atoms with Gasteiger partial charge in [0.2, 0.25) is 6.10 Å². The molecule has 2 N–H and O–H groups in total. The van der Waals surface area contributed by atoms with Crippen molar-refractivity contribution in [2.45, 2.75) is 234 Å². The van der Waals surface area contributed by atoms with Crippen LogP contribution in [-0.4, -0.2) is 63.6 Å². The van der Waals surface area contributed by atoms with E-state index >= 15 is 0 Å². The molecule has 3 atom stereocenters. The Morgan fingerprint density at radius 1 is 0.696 bits per heavy atom. The Morgan fingerprint density at radius 2 is 1.16 bits per heavy atom. The number of carbonyl (C=O) groups excluding carboxylic acids is 4. The third-order valence-electron chi connectivity index (χ3n) is 18.0. The lowest BCUT2D eigenvalue weighted by molar-refractivity contribution is -0.225. The Bertz CT molecular complexity index is 1970. The van der Waals surface area contributed by atoms with Gasteiger partial charge in [-0.3, -0.25) is 14.4 Å². The highest BCUT2D eigenvalue weighted by atomic mass is 19.4. The number of aryl methyl sites for hydroxylation is 1. The Morgan fingerprint density at radius 3 is 1.58 bits per heavy atom. The zero-order valence-corrected chi connectivity index (χ0v) is 44.5. The number of ether oxygens (including phenoxy) is 4. The number of aromatic hydroxyl groups is 1. The number of halogens is 3. The van der Waals surface area contributed by atoms with Gasteiger partial charge in [0.25, 0.3) is 0 Å². The monoisotopic (exact) mass is 977 g/mol. The molecule has 1 aromatic rings.